The van der Waals surface area contributed by atoms with Crippen molar-refractivity contribution in [2.75, 3.05) is 39.5 Å². The van der Waals surface area contributed by atoms with Crippen LogP contribution in [0.1, 0.15) is 5.56 Å². The lowest BCUT2D eigenvalue weighted by Gasteiger charge is -2.26. The van der Waals surface area contributed by atoms with Gasteiger partial charge in [-0.1, -0.05) is 11.3 Å². The molecule has 0 spiro atoms. The number of ether oxygens (including phenoxy) is 2. The highest BCUT2D eigenvalue weighted by molar-refractivity contribution is 7.11. The Hall–Kier alpha value is -1.50. The molecule has 2 aromatic rings. The molecule has 118 valence electrons. The van der Waals surface area contributed by atoms with Crippen LogP contribution in [0.3, 0.4) is 0 Å². The zero-order valence-electron chi connectivity index (χ0n) is 12.5. The number of rotatable bonds is 5. The van der Waals surface area contributed by atoms with Crippen LogP contribution in [0.5, 0.6) is 5.19 Å². The van der Waals surface area contributed by atoms with Crippen molar-refractivity contribution < 1.29 is 13.9 Å². The van der Waals surface area contributed by atoms with Crippen LogP contribution in [-0.4, -0.2) is 49.3 Å². The van der Waals surface area contributed by atoms with Crippen molar-refractivity contribution in [1.82, 2.24) is 9.88 Å². The minimum atomic E-state index is -0.224. The molecule has 2 heterocycles. The first-order valence-corrected chi connectivity index (χ1v) is 8.25. The molecule has 6 heteroatoms. The van der Waals surface area contributed by atoms with Gasteiger partial charge in [-0.2, -0.15) is 0 Å². The van der Waals surface area contributed by atoms with E-state index in [1.54, 1.807) is 6.07 Å². The first-order valence-electron chi connectivity index (χ1n) is 7.37. The Kier molecular flexibility index (Phi) is 5.02. The number of hydrogen-bond acceptors (Lipinski definition) is 5. The zero-order valence-corrected chi connectivity index (χ0v) is 13.4. The van der Waals surface area contributed by atoms with Gasteiger partial charge in [-0.25, -0.2) is 9.37 Å². The number of hydrogen-bond donors (Lipinski definition) is 0. The van der Waals surface area contributed by atoms with E-state index in [0.717, 1.165) is 49.7 Å². The summed E-state index contributed by atoms with van der Waals surface area (Å²) >= 11 is 1.47. The van der Waals surface area contributed by atoms with E-state index >= 15 is 0 Å². The topological polar surface area (TPSA) is 34.6 Å². The summed E-state index contributed by atoms with van der Waals surface area (Å²) in [5, 5.41) is 2.61. The number of aryl methyl sites for hydroxylation is 1. The molecule has 0 unspecified atom stereocenters. The number of morpholine rings is 1. The molecule has 0 bridgehead atoms. The highest BCUT2D eigenvalue weighted by Crippen LogP contribution is 2.28. The summed E-state index contributed by atoms with van der Waals surface area (Å²) in [5.41, 5.74) is 2.66. The third-order valence-electron chi connectivity index (χ3n) is 3.68. The van der Waals surface area contributed by atoms with Crippen molar-refractivity contribution in [2.24, 2.45) is 0 Å². The lowest BCUT2D eigenvalue weighted by molar-refractivity contribution is 0.0322. The van der Waals surface area contributed by atoms with E-state index in [9.17, 15) is 4.39 Å². The molecule has 0 atom stereocenters. The van der Waals surface area contributed by atoms with Crippen LogP contribution < -0.4 is 4.74 Å². The van der Waals surface area contributed by atoms with Crippen LogP contribution >= 0.6 is 11.3 Å². The number of benzene rings is 1. The first kappa shape index (κ1) is 15.4. The van der Waals surface area contributed by atoms with E-state index < -0.39 is 0 Å². The molecular formula is C16H19FN2O2S. The smallest absolute Gasteiger partial charge is 0.273 e. The van der Waals surface area contributed by atoms with E-state index in [4.69, 9.17) is 9.47 Å². The van der Waals surface area contributed by atoms with Gasteiger partial charge in [0, 0.05) is 30.6 Å². The van der Waals surface area contributed by atoms with Crippen LogP contribution in [0.25, 0.3) is 11.3 Å². The third-order valence-corrected chi connectivity index (χ3v) is 4.44. The molecule has 0 radical (unpaired) electrons. The van der Waals surface area contributed by atoms with E-state index in [0.29, 0.717) is 11.8 Å². The minimum absolute atomic E-state index is 0.224. The van der Waals surface area contributed by atoms with E-state index in [2.05, 4.69) is 9.88 Å². The normalized spacial score (nSPS) is 15.9. The molecule has 1 saturated heterocycles. The molecule has 22 heavy (non-hydrogen) atoms. The third kappa shape index (κ3) is 3.82. The fourth-order valence-corrected chi connectivity index (χ4v) is 3.14. The van der Waals surface area contributed by atoms with Crippen molar-refractivity contribution >= 4 is 11.3 Å². The summed E-state index contributed by atoms with van der Waals surface area (Å²) in [6.45, 7) is 6.90. The highest BCUT2D eigenvalue weighted by atomic mass is 32.1. The Labute approximate surface area is 133 Å². The van der Waals surface area contributed by atoms with Crippen molar-refractivity contribution in [3.8, 4) is 16.5 Å². The standard InChI is InChI=1S/C16H19FN2O2S/c1-12-10-13(17)2-3-14(12)15-11-22-16(18-15)21-9-6-19-4-7-20-8-5-19/h2-3,10-11H,4-9H2,1H3. The van der Waals surface area contributed by atoms with Gasteiger partial charge in [0.25, 0.3) is 5.19 Å². The maximum atomic E-state index is 13.2. The summed E-state index contributed by atoms with van der Waals surface area (Å²) < 4.78 is 24.2. The monoisotopic (exact) mass is 322 g/mol. The van der Waals surface area contributed by atoms with Gasteiger partial charge in [-0.05, 0) is 30.7 Å². The molecule has 1 aliphatic rings. The SMILES string of the molecule is Cc1cc(F)ccc1-c1csc(OCCN2CCOCC2)n1. The largest absolute Gasteiger partial charge is 0.469 e. The number of aromatic nitrogens is 1. The maximum Gasteiger partial charge on any atom is 0.273 e. The molecule has 1 aromatic carbocycles. The van der Waals surface area contributed by atoms with Gasteiger partial charge in [0.1, 0.15) is 12.4 Å². The van der Waals surface area contributed by atoms with Gasteiger partial charge in [0.2, 0.25) is 0 Å². The molecule has 0 saturated carbocycles. The fourth-order valence-electron chi connectivity index (χ4n) is 2.45. The molecule has 1 aliphatic heterocycles. The summed E-state index contributed by atoms with van der Waals surface area (Å²) in [6.07, 6.45) is 0. The second-order valence-corrected chi connectivity index (χ2v) is 6.08. The summed E-state index contributed by atoms with van der Waals surface area (Å²) in [7, 11) is 0. The van der Waals surface area contributed by atoms with Crippen molar-refractivity contribution in [1.29, 1.82) is 0 Å². The highest BCUT2D eigenvalue weighted by Gasteiger charge is 2.11. The minimum Gasteiger partial charge on any atom is -0.469 e. The van der Waals surface area contributed by atoms with Gasteiger partial charge in [0.05, 0.1) is 18.9 Å². The predicted molar refractivity (Wildman–Crippen MR) is 85.0 cm³/mol. The van der Waals surface area contributed by atoms with E-state index in [1.807, 2.05) is 12.3 Å². The van der Waals surface area contributed by atoms with Gasteiger partial charge in [-0.3, -0.25) is 4.90 Å². The van der Waals surface area contributed by atoms with Crippen LogP contribution in [-0.2, 0) is 4.74 Å². The number of nitrogens with zero attached hydrogens (tertiary/aromatic N) is 2. The molecule has 0 N–H and O–H groups in total. The second-order valence-electron chi connectivity index (χ2n) is 5.26. The molecular weight excluding hydrogens is 303 g/mol. The Morgan fingerprint density at radius 3 is 2.95 bits per heavy atom. The van der Waals surface area contributed by atoms with Crippen molar-refractivity contribution in [3.05, 3.63) is 35.0 Å². The van der Waals surface area contributed by atoms with Crippen LogP contribution in [0.2, 0.25) is 0 Å². The second kappa shape index (κ2) is 7.17. The average Bonchev–Trinajstić information content (AvgIpc) is 2.97. The quantitative estimate of drug-likeness (QED) is 0.848. The molecule has 3 rings (SSSR count). The maximum absolute atomic E-state index is 13.2. The summed E-state index contributed by atoms with van der Waals surface area (Å²) in [6, 6.07) is 4.74. The van der Waals surface area contributed by atoms with Gasteiger partial charge in [-0.15, -0.1) is 0 Å². The first-order chi connectivity index (χ1) is 10.7. The molecule has 0 aliphatic carbocycles. The average molecular weight is 322 g/mol. The van der Waals surface area contributed by atoms with Crippen LogP contribution in [0, 0.1) is 12.7 Å². The molecule has 1 fully saturated rings. The van der Waals surface area contributed by atoms with Gasteiger partial charge >= 0.3 is 0 Å². The fraction of sp³-hybridized carbons (Fsp3) is 0.438. The summed E-state index contributed by atoms with van der Waals surface area (Å²) in [4.78, 5) is 6.81. The van der Waals surface area contributed by atoms with E-state index in [1.165, 1.54) is 23.5 Å². The van der Waals surface area contributed by atoms with Crippen LogP contribution in [0.4, 0.5) is 4.39 Å². The molecule has 4 nitrogen and oxygen atoms in total. The Morgan fingerprint density at radius 1 is 1.36 bits per heavy atom. The Bertz CT molecular complexity index is 626. The van der Waals surface area contributed by atoms with Gasteiger partial charge in [0.15, 0.2) is 0 Å². The van der Waals surface area contributed by atoms with Crippen molar-refractivity contribution in [2.45, 2.75) is 6.92 Å². The predicted octanol–water partition coefficient (Wildman–Crippen LogP) is 2.97. The van der Waals surface area contributed by atoms with E-state index in [-0.39, 0.29) is 5.82 Å². The number of thiazole rings is 1. The molecule has 0 amide bonds. The lowest BCUT2D eigenvalue weighted by Crippen LogP contribution is -2.38. The Balaban J connectivity index is 1.56. The number of halogens is 1. The molecule has 1 aromatic heterocycles. The van der Waals surface area contributed by atoms with Crippen molar-refractivity contribution in [3.63, 3.8) is 0 Å². The lowest BCUT2D eigenvalue weighted by atomic mass is 10.1. The summed E-state index contributed by atoms with van der Waals surface area (Å²) in [5.74, 6) is -0.224. The zero-order chi connectivity index (χ0) is 15.4. The Morgan fingerprint density at radius 2 is 2.18 bits per heavy atom. The van der Waals surface area contributed by atoms with Gasteiger partial charge < -0.3 is 9.47 Å². The van der Waals surface area contributed by atoms with Crippen LogP contribution in [0.15, 0.2) is 23.6 Å².